The minimum Gasteiger partial charge on any atom is -0.440 e. The van der Waals surface area contributed by atoms with E-state index in [4.69, 9.17) is 14.3 Å². The largest absolute Gasteiger partial charge is 0.440 e. The van der Waals surface area contributed by atoms with Gasteiger partial charge < -0.3 is 9.15 Å². The van der Waals surface area contributed by atoms with Gasteiger partial charge in [0.15, 0.2) is 5.69 Å². The zero-order valence-corrected chi connectivity index (χ0v) is 15.9. The predicted octanol–water partition coefficient (Wildman–Crippen LogP) is 2.84. The molecule has 3 aromatic heterocycles. The molecule has 0 unspecified atom stereocenters. The van der Waals surface area contributed by atoms with Gasteiger partial charge in [-0.05, 0) is 25.5 Å². The number of fused-ring (bicyclic) bond motifs is 1. The highest BCUT2D eigenvalue weighted by Gasteiger charge is 2.27. The van der Waals surface area contributed by atoms with Gasteiger partial charge in [0, 0.05) is 56.3 Å². The van der Waals surface area contributed by atoms with Crippen molar-refractivity contribution in [3.8, 4) is 11.6 Å². The van der Waals surface area contributed by atoms with Crippen LogP contribution in [0.3, 0.4) is 0 Å². The lowest BCUT2D eigenvalue weighted by molar-refractivity contribution is 0.135. The third-order valence-electron chi connectivity index (χ3n) is 4.82. The molecule has 0 atom stereocenters. The van der Waals surface area contributed by atoms with Gasteiger partial charge in [0.25, 0.3) is 0 Å². The van der Waals surface area contributed by atoms with Crippen molar-refractivity contribution in [3.63, 3.8) is 0 Å². The molecule has 7 heteroatoms. The fourth-order valence-electron chi connectivity index (χ4n) is 3.55. The van der Waals surface area contributed by atoms with Crippen LogP contribution in [0, 0.1) is 6.92 Å². The molecular weight excluding hydrogens is 342 g/mol. The maximum Gasteiger partial charge on any atom is 0.247 e. The molecule has 7 nitrogen and oxygen atoms in total. The molecule has 0 radical (unpaired) electrons. The highest BCUT2D eigenvalue weighted by atomic mass is 16.5. The van der Waals surface area contributed by atoms with Crippen LogP contribution in [-0.4, -0.2) is 44.4 Å². The predicted molar refractivity (Wildman–Crippen MR) is 101 cm³/mol. The van der Waals surface area contributed by atoms with Gasteiger partial charge in [-0.3, -0.25) is 14.6 Å². The molecule has 0 aromatic carbocycles. The quantitative estimate of drug-likeness (QED) is 0.598. The van der Waals surface area contributed by atoms with Gasteiger partial charge in [-0.25, -0.2) is 4.98 Å². The second-order valence-electron chi connectivity index (χ2n) is 6.79. The highest BCUT2D eigenvalue weighted by molar-refractivity contribution is 5.55. The van der Waals surface area contributed by atoms with E-state index in [9.17, 15) is 0 Å². The number of oxazole rings is 1. The Balaban J connectivity index is 1.61. The van der Waals surface area contributed by atoms with Crippen LogP contribution < -0.4 is 0 Å². The fraction of sp³-hybridized carbons (Fsp3) is 0.450. The number of nitrogens with zero attached hydrogens (tertiary/aromatic N) is 5. The molecule has 1 aliphatic rings. The van der Waals surface area contributed by atoms with Gasteiger partial charge in [-0.1, -0.05) is 6.07 Å². The molecule has 4 rings (SSSR count). The third-order valence-corrected chi connectivity index (χ3v) is 4.82. The SMILES string of the molecule is CCOCCn1nc(-c2ncc(C)o2)c2c1CCN(Cc1cccnc1)C2. The van der Waals surface area contributed by atoms with E-state index in [1.54, 1.807) is 6.20 Å². The van der Waals surface area contributed by atoms with Crippen LogP contribution in [0.25, 0.3) is 11.6 Å². The summed E-state index contributed by atoms with van der Waals surface area (Å²) >= 11 is 0. The van der Waals surface area contributed by atoms with Crippen molar-refractivity contribution in [2.75, 3.05) is 19.8 Å². The third kappa shape index (κ3) is 3.94. The summed E-state index contributed by atoms with van der Waals surface area (Å²) in [6, 6.07) is 4.10. The minimum atomic E-state index is 0.599. The average molecular weight is 367 g/mol. The molecule has 0 spiro atoms. The molecule has 0 N–H and O–H groups in total. The lowest BCUT2D eigenvalue weighted by atomic mass is 10.0. The van der Waals surface area contributed by atoms with Gasteiger partial charge >= 0.3 is 0 Å². The molecule has 0 aliphatic carbocycles. The van der Waals surface area contributed by atoms with Gasteiger partial charge in [-0.2, -0.15) is 5.10 Å². The number of ether oxygens (including phenoxy) is 1. The van der Waals surface area contributed by atoms with Gasteiger partial charge in [0.1, 0.15) is 5.76 Å². The van der Waals surface area contributed by atoms with E-state index in [1.807, 2.05) is 32.3 Å². The molecule has 3 aromatic rings. The summed E-state index contributed by atoms with van der Waals surface area (Å²) in [5, 5.41) is 4.83. The summed E-state index contributed by atoms with van der Waals surface area (Å²) in [7, 11) is 0. The van der Waals surface area contributed by atoms with Gasteiger partial charge in [-0.15, -0.1) is 0 Å². The first kappa shape index (κ1) is 17.9. The Labute approximate surface area is 159 Å². The first-order valence-electron chi connectivity index (χ1n) is 9.45. The number of hydrogen-bond acceptors (Lipinski definition) is 6. The molecule has 0 amide bonds. The van der Waals surface area contributed by atoms with Crippen LogP contribution in [0.2, 0.25) is 0 Å². The maximum atomic E-state index is 5.78. The molecule has 0 bridgehead atoms. The molecule has 0 saturated heterocycles. The Morgan fingerprint density at radius 3 is 2.96 bits per heavy atom. The van der Waals surface area contributed by atoms with Crippen LogP contribution in [-0.2, 0) is 30.8 Å². The Bertz CT molecular complexity index is 887. The number of rotatable bonds is 7. The second kappa shape index (κ2) is 8.02. The highest BCUT2D eigenvalue weighted by Crippen LogP contribution is 2.30. The van der Waals surface area contributed by atoms with Crippen molar-refractivity contribution in [2.45, 2.75) is 39.9 Å². The minimum absolute atomic E-state index is 0.599. The summed E-state index contributed by atoms with van der Waals surface area (Å²) in [6.45, 7) is 8.74. The molecular formula is C20H25N5O2. The van der Waals surface area contributed by atoms with Crippen molar-refractivity contribution in [1.82, 2.24) is 24.6 Å². The van der Waals surface area contributed by atoms with Crippen molar-refractivity contribution in [2.24, 2.45) is 0 Å². The summed E-state index contributed by atoms with van der Waals surface area (Å²) in [4.78, 5) is 11.1. The molecule has 27 heavy (non-hydrogen) atoms. The van der Waals surface area contributed by atoms with Gasteiger partial charge in [0.05, 0.1) is 19.3 Å². The fourth-order valence-corrected chi connectivity index (χ4v) is 3.55. The van der Waals surface area contributed by atoms with Crippen LogP contribution in [0.4, 0.5) is 0 Å². The van der Waals surface area contributed by atoms with E-state index in [0.29, 0.717) is 19.1 Å². The first-order valence-corrected chi connectivity index (χ1v) is 9.45. The Morgan fingerprint density at radius 1 is 1.30 bits per heavy atom. The van der Waals surface area contributed by atoms with Crippen molar-refractivity contribution >= 4 is 0 Å². The lowest BCUT2D eigenvalue weighted by Crippen LogP contribution is -2.31. The molecule has 4 heterocycles. The molecule has 142 valence electrons. The Morgan fingerprint density at radius 2 is 2.22 bits per heavy atom. The van der Waals surface area contributed by atoms with Crippen LogP contribution in [0.15, 0.2) is 35.1 Å². The maximum absolute atomic E-state index is 5.78. The monoisotopic (exact) mass is 367 g/mol. The summed E-state index contributed by atoms with van der Waals surface area (Å²) < 4.78 is 13.4. The van der Waals surface area contributed by atoms with E-state index in [-0.39, 0.29) is 0 Å². The second-order valence-corrected chi connectivity index (χ2v) is 6.79. The van der Waals surface area contributed by atoms with E-state index in [1.165, 1.54) is 16.8 Å². The average Bonchev–Trinajstić information content (AvgIpc) is 3.26. The molecule has 1 aliphatic heterocycles. The molecule has 0 saturated carbocycles. The topological polar surface area (TPSA) is 69.2 Å². The normalized spacial score (nSPS) is 14.4. The van der Waals surface area contributed by atoms with Crippen molar-refractivity contribution in [3.05, 3.63) is 53.3 Å². The standard InChI is InChI=1S/C20H25N5O2/c1-3-26-10-9-25-18-6-8-24(13-16-5-4-7-21-12-16)14-17(18)19(23-25)20-22-11-15(2)27-20/h4-5,7,11-12H,3,6,8-10,13-14H2,1-2H3. The van der Waals surface area contributed by atoms with Crippen LogP contribution in [0.5, 0.6) is 0 Å². The summed E-state index contributed by atoms with van der Waals surface area (Å²) in [5.41, 5.74) is 4.55. The van der Waals surface area contributed by atoms with Crippen LogP contribution in [0.1, 0.15) is 29.5 Å². The van der Waals surface area contributed by atoms with Crippen molar-refractivity contribution in [1.29, 1.82) is 0 Å². The van der Waals surface area contributed by atoms with Gasteiger partial charge in [0.2, 0.25) is 5.89 Å². The Kier molecular flexibility index (Phi) is 5.31. The number of aromatic nitrogens is 4. The first-order chi connectivity index (χ1) is 13.2. The summed E-state index contributed by atoms with van der Waals surface area (Å²) in [6.07, 6.45) is 6.44. The van der Waals surface area contributed by atoms with E-state index in [2.05, 4.69) is 25.6 Å². The smallest absolute Gasteiger partial charge is 0.247 e. The van der Waals surface area contributed by atoms with Crippen molar-refractivity contribution < 1.29 is 9.15 Å². The lowest BCUT2D eigenvalue weighted by Gasteiger charge is -2.27. The zero-order chi connectivity index (χ0) is 18.6. The number of pyridine rings is 1. The number of aryl methyl sites for hydroxylation is 1. The molecule has 0 fully saturated rings. The van der Waals surface area contributed by atoms with E-state index >= 15 is 0 Å². The van der Waals surface area contributed by atoms with Crippen LogP contribution >= 0.6 is 0 Å². The summed E-state index contributed by atoms with van der Waals surface area (Å²) in [5.74, 6) is 1.40. The zero-order valence-electron chi connectivity index (χ0n) is 15.9. The van der Waals surface area contributed by atoms with E-state index in [0.717, 1.165) is 44.1 Å². The Hall–Kier alpha value is -2.51. The van der Waals surface area contributed by atoms with E-state index < -0.39 is 0 Å². The number of hydrogen-bond donors (Lipinski definition) is 0.